The Morgan fingerprint density at radius 1 is 1.06 bits per heavy atom. The summed E-state index contributed by atoms with van der Waals surface area (Å²) in [7, 11) is 0. The van der Waals surface area contributed by atoms with Crippen molar-refractivity contribution in [2.24, 2.45) is 5.92 Å². The molecule has 0 saturated heterocycles. The number of hydrogen-bond donors (Lipinski definition) is 0. The first-order chi connectivity index (χ1) is 7.90. The number of unbranched alkanes of at least 4 members (excludes halogenated alkanes) is 3. The molecule has 3 nitrogen and oxygen atoms in total. The van der Waals surface area contributed by atoms with Gasteiger partial charge in [-0.3, -0.25) is 4.79 Å². The molecule has 0 fully saturated rings. The van der Waals surface area contributed by atoms with Crippen LogP contribution in [-0.2, 0) is 14.3 Å². The number of carbonyl (C=O) groups excluding carboxylic acids is 2. The Bertz CT molecular complexity index is 198. The molecule has 0 N–H and O–H groups in total. The highest BCUT2D eigenvalue weighted by Gasteiger charge is 1.95. The van der Waals surface area contributed by atoms with Gasteiger partial charge in [0.1, 0.15) is 5.78 Å². The first-order valence-electron chi connectivity index (χ1n) is 6.52. The van der Waals surface area contributed by atoms with Crippen LogP contribution in [0.5, 0.6) is 0 Å². The third kappa shape index (κ3) is 25.4. The van der Waals surface area contributed by atoms with Crippen molar-refractivity contribution in [1.29, 1.82) is 0 Å². The largest absolute Gasteiger partial charge is 0.466 e. The number of rotatable bonds is 7. The zero-order valence-electron chi connectivity index (χ0n) is 12.0. The van der Waals surface area contributed by atoms with Crippen LogP contribution in [0.25, 0.3) is 0 Å². The second kappa shape index (κ2) is 13.2. The maximum atomic E-state index is 10.3. The summed E-state index contributed by atoms with van der Waals surface area (Å²) in [6, 6.07) is 0. The molecule has 0 aromatic heterocycles. The Morgan fingerprint density at radius 2 is 1.65 bits per heavy atom. The van der Waals surface area contributed by atoms with Crippen LogP contribution in [-0.4, -0.2) is 18.4 Å². The summed E-state index contributed by atoms with van der Waals surface area (Å²) in [5, 5.41) is 0. The number of Topliss-reactive ketones (excluding diaryl/α,β-unsaturated/α-hetero) is 1. The van der Waals surface area contributed by atoms with E-state index in [4.69, 9.17) is 4.74 Å². The lowest BCUT2D eigenvalue weighted by Gasteiger charge is -1.99. The smallest absolute Gasteiger partial charge is 0.302 e. The summed E-state index contributed by atoms with van der Waals surface area (Å²) in [5.41, 5.74) is 0. The van der Waals surface area contributed by atoms with E-state index >= 15 is 0 Å². The fourth-order valence-corrected chi connectivity index (χ4v) is 1.32. The van der Waals surface area contributed by atoms with Gasteiger partial charge in [0.05, 0.1) is 6.61 Å². The third-order valence-corrected chi connectivity index (χ3v) is 2.00. The molecule has 0 aliphatic heterocycles. The minimum Gasteiger partial charge on any atom is -0.466 e. The molecule has 0 aliphatic carbocycles. The molecule has 0 spiro atoms. The van der Waals surface area contributed by atoms with Crippen molar-refractivity contribution in [3.8, 4) is 0 Å². The van der Waals surface area contributed by atoms with Crippen LogP contribution in [0, 0.1) is 5.92 Å². The SMILES string of the molecule is CC(=O)CC(C)C.CCCCCCOC(C)=O. The molecule has 17 heavy (non-hydrogen) atoms. The minimum atomic E-state index is -0.170. The number of ketones is 1. The number of esters is 1. The van der Waals surface area contributed by atoms with E-state index < -0.39 is 0 Å². The van der Waals surface area contributed by atoms with Gasteiger partial charge in [-0.15, -0.1) is 0 Å². The van der Waals surface area contributed by atoms with Gasteiger partial charge in [-0.1, -0.05) is 40.0 Å². The van der Waals surface area contributed by atoms with Crippen molar-refractivity contribution in [2.45, 2.75) is 66.7 Å². The normalized spacial score (nSPS) is 9.53. The second-order valence-corrected chi connectivity index (χ2v) is 4.70. The highest BCUT2D eigenvalue weighted by molar-refractivity contribution is 5.75. The highest BCUT2D eigenvalue weighted by Crippen LogP contribution is 1.98. The molecule has 3 heteroatoms. The van der Waals surface area contributed by atoms with Crippen molar-refractivity contribution in [3.63, 3.8) is 0 Å². The molecule has 102 valence electrons. The third-order valence-electron chi connectivity index (χ3n) is 2.00. The summed E-state index contributed by atoms with van der Waals surface area (Å²) >= 11 is 0. The minimum absolute atomic E-state index is 0.170. The van der Waals surface area contributed by atoms with E-state index in [1.807, 2.05) is 13.8 Å². The molecular weight excluding hydrogens is 216 g/mol. The summed E-state index contributed by atoms with van der Waals surface area (Å²) in [6.45, 7) is 9.91. The van der Waals surface area contributed by atoms with Gasteiger partial charge in [0.15, 0.2) is 0 Å². The van der Waals surface area contributed by atoms with Crippen LogP contribution < -0.4 is 0 Å². The van der Waals surface area contributed by atoms with Crippen LogP contribution >= 0.6 is 0 Å². The van der Waals surface area contributed by atoms with Gasteiger partial charge in [0.25, 0.3) is 0 Å². The lowest BCUT2D eigenvalue weighted by atomic mass is 10.1. The van der Waals surface area contributed by atoms with E-state index in [-0.39, 0.29) is 11.8 Å². The van der Waals surface area contributed by atoms with Gasteiger partial charge in [0, 0.05) is 13.3 Å². The van der Waals surface area contributed by atoms with Crippen LogP contribution in [0.1, 0.15) is 66.7 Å². The maximum Gasteiger partial charge on any atom is 0.302 e. The first-order valence-corrected chi connectivity index (χ1v) is 6.52. The van der Waals surface area contributed by atoms with Gasteiger partial charge in [0.2, 0.25) is 0 Å². The first kappa shape index (κ1) is 18.5. The van der Waals surface area contributed by atoms with Crippen LogP contribution in [0.4, 0.5) is 0 Å². The van der Waals surface area contributed by atoms with Gasteiger partial charge < -0.3 is 9.53 Å². The van der Waals surface area contributed by atoms with E-state index in [0.29, 0.717) is 12.5 Å². The van der Waals surface area contributed by atoms with Crippen molar-refractivity contribution < 1.29 is 14.3 Å². The van der Waals surface area contributed by atoms with E-state index in [2.05, 4.69) is 6.92 Å². The summed E-state index contributed by atoms with van der Waals surface area (Å²) in [5.74, 6) is 0.643. The molecule has 0 radical (unpaired) electrons. The second-order valence-electron chi connectivity index (χ2n) is 4.70. The molecule has 0 bridgehead atoms. The Morgan fingerprint density at radius 3 is 1.94 bits per heavy atom. The van der Waals surface area contributed by atoms with Crippen LogP contribution in [0.3, 0.4) is 0 Å². The Kier molecular flexibility index (Phi) is 14.4. The standard InChI is InChI=1S/C8H16O2.C6H12O/c1-3-4-5-6-7-10-8(2)9;1-5(2)4-6(3)7/h3-7H2,1-2H3;5H,4H2,1-3H3. The van der Waals surface area contributed by atoms with Crippen LogP contribution in [0.15, 0.2) is 0 Å². The Labute approximate surface area is 106 Å². The van der Waals surface area contributed by atoms with Crippen LogP contribution in [0.2, 0.25) is 0 Å². The van der Waals surface area contributed by atoms with Gasteiger partial charge >= 0.3 is 5.97 Å². The molecule has 0 aromatic rings. The lowest BCUT2D eigenvalue weighted by molar-refractivity contribution is -0.141. The molecule has 0 aromatic carbocycles. The Balaban J connectivity index is 0. The molecule has 0 atom stereocenters. The van der Waals surface area contributed by atoms with Crippen molar-refractivity contribution in [3.05, 3.63) is 0 Å². The monoisotopic (exact) mass is 244 g/mol. The number of hydrogen-bond acceptors (Lipinski definition) is 3. The molecule has 0 heterocycles. The van der Waals surface area contributed by atoms with E-state index in [1.165, 1.54) is 26.2 Å². The average molecular weight is 244 g/mol. The molecule has 0 unspecified atom stereocenters. The van der Waals surface area contributed by atoms with E-state index in [0.717, 1.165) is 12.8 Å². The summed E-state index contributed by atoms with van der Waals surface area (Å²) in [4.78, 5) is 20.5. The van der Waals surface area contributed by atoms with Gasteiger partial charge in [-0.2, -0.15) is 0 Å². The fraction of sp³-hybridized carbons (Fsp3) is 0.857. The number of ether oxygens (including phenoxy) is 1. The topological polar surface area (TPSA) is 43.4 Å². The zero-order chi connectivity index (χ0) is 13.7. The fourth-order valence-electron chi connectivity index (χ4n) is 1.32. The predicted molar refractivity (Wildman–Crippen MR) is 70.9 cm³/mol. The molecular formula is C14H28O3. The van der Waals surface area contributed by atoms with E-state index in [1.54, 1.807) is 6.92 Å². The summed E-state index contributed by atoms with van der Waals surface area (Å²) in [6.07, 6.45) is 5.36. The van der Waals surface area contributed by atoms with E-state index in [9.17, 15) is 9.59 Å². The van der Waals surface area contributed by atoms with Crippen molar-refractivity contribution >= 4 is 11.8 Å². The maximum absolute atomic E-state index is 10.3. The van der Waals surface area contributed by atoms with Crippen molar-refractivity contribution in [1.82, 2.24) is 0 Å². The van der Waals surface area contributed by atoms with Gasteiger partial charge in [-0.25, -0.2) is 0 Å². The molecule has 0 amide bonds. The quantitative estimate of drug-likeness (QED) is 0.506. The van der Waals surface area contributed by atoms with Crippen molar-refractivity contribution in [2.75, 3.05) is 6.61 Å². The highest BCUT2D eigenvalue weighted by atomic mass is 16.5. The lowest BCUT2D eigenvalue weighted by Crippen LogP contribution is -1.99. The molecule has 0 aliphatic rings. The Hall–Kier alpha value is -0.860. The number of carbonyl (C=O) groups is 2. The molecule has 0 saturated carbocycles. The predicted octanol–water partition coefficient (Wildman–Crippen LogP) is 3.75. The zero-order valence-corrected chi connectivity index (χ0v) is 12.0. The molecule has 0 rings (SSSR count). The van der Waals surface area contributed by atoms with Gasteiger partial charge in [-0.05, 0) is 19.3 Å². The summed E-state index contributed by atoms with van der Waals surface area (Å²) < 4.78 is 4.75. The average Bonchev–Trinajstić information content (AvgIpc) is 2.15.